The van der Waals surface area contributed by atoms with Crippen LogP contribution in [-0.2, 0) is 24.1 Å². The van der Waals surface area contributed by atoms with Gasteiger partial charge in [0.15, 0.2) is 6.54 Å². The second-order valence-corrected chi connectivity index (χ2v) is 9.14. The summed E-state index contributed by atoms with van der Waals surface area (Å²) >= 11 is 1.53. The van der Waals surface area contributed by atoms with Gasteiger partial charge in [-0.25, -0.2) is 0 Å². The summed E-state index contributed by atoms with van der Waals surface area (Å²) in [4.78, 5) is 27.0. The number of fused-ring (bicyclic) bond motifs is 1. The molecule has 6 heteroatoms. The Hall–Kier alpha value is -2.18. The molecule has 0 atom stereocenters. The number of carbonyl (C=O) groups is 2. The van der Waals surface area contributed by atoms with Crippen molar-refractivity contribution < 1.29 is 14.5 Å². The van der Waals surface area contributed by atoms with E-state index in [1.807, 2.05) is 0 Å². The molecule has 1 fully saturated rings. The number of piperidine rings is 1. The topological polar surface area (TPSA) is 76.6 Å². The van der Waals surface area contributed by atoms with Gasteiger partial charge in [0.2, 0.25) is 0 Å². The summed E-state index contributed by atoms with van der Waals surface area (Å²) in [6, 6.07) is 10.6. The predicted molar refractivity (Wildman–Crippen MR) is 112 cm³/mol. The first-order chi connectivity index (χ1) is 13.6. The molecule has 1 aliphatic heterocycles. The first kappa shape index (κ1) is 19.2. The zero-order valence-electron chi connectivity index (χ0n) is 16.1. The van der Waals surface area contributed by atoms with Crippen LogP contribution in [0.25, 0.3) is 0 Å². The van der Waals surface area contributed by atoms with Crippen molar-refractivity contribution in [3.8, 4) is 0 Å². The van der Waals surface area contributed by atoms with Crippen LogP contribution in [0.2, 0.25) is 0 Å². The number of likely N-dealkylation sites (tertiary alicyclic amines) is 1. The summed E-state index contributed by atoms with van der Waals surface area (Å²) in [6.45, 7) is 2.50. The zero-order valence-corrected chi connectivity index (χ0v) is 16.9. The van der Waals surface area contributed by atoms with E-state index in [0.717, 1.165) is 57.2 Å². The zero-order chi connectivity index (χ0) is 19.5. The minimum absolute atomic E-state index is 0.0149. The Morgan fingerprint density at radius 2 is 1.89 bits per heavy atom. The number of hydrogen-bond donors (Lipinski definition) is 3. The van der Waals surface area contributed by atoms with Gasteiger partial charge in [0.05, 0.1) is 18.7 Å². The Morgan fingerprint density at radius 3 is 2.61 bits per heavy atom. The van der Waals surface area contributed by atoms with E-state index in [1.54, 1.807) is 0 Å². The van der Waals surface area contributed by atoms with Crippen molar-refractivity contribution in [1.82, 2.24) is 0 Å². The molecule has 1 aromatic carbocycles. The van der Waals surface area contributed by atoms with E-state index in [2.05, 4.69) is 35.6 Å². The van der Waals surface area contributed by atoms with Crippen molar-refractivity contribution in [2.75, 3.05) is 25.0 Å². The first-order valence-electron chi connectivity index (χ1n) is 10.2. The molecule has 0 saturated carbocycles. The SMILES string of the molecule is NC(=O)c1c(NC(=O)C[NH+]2CCC(Cc3ccccc3)CC2)sc2c1CCC2. The van der Waals surface area contributed by atoms with E-state index in [9.17, 15) is 9.59 Å². The van der Waals surface area contributed by atoms with Gasteiger partial charge in [0.1, 0.15) is 5.00 Å². The van der Waals surface area contributed by atoms with Gasteiger partial charge in [-0.05, 0) is 55.6 Å². The third kappa shape index (κ3) is 4.28. The predicted octanol–water partition coefficient (Wildman–Crippen LogP) is 1.81. The van der Waals surface area contributed by atoms with E-state index in [-0.39, 0.29) is 5.91 Å². The van der Waals surface area contributed by atoms with Crippen LogP contribution in [0.3, 0.4) is 0 Å². The van der Waals surface area contributed by atoms with Gasteiger partial charge in [0, 0.05) is 4.88 Å². The second kappa shape index (κ2) is 8.45. The van der Waals surface area contributed by atoms with E-state index in [1.165, 1.54) is 26.7 Å². The third-order valence-corrected chi connectivity index (χ3v) is 7.22. The van der Waals surface area contributed by atoms with Crippen LogP contribution in [0, 0.1) is 5.92 Å². The van der Waals surface area contributed by atoms with Crippen LogP contribution in [-0.4, -0.2) is 31.4 Å². The fraction of sp³-hybridized carbons (Fsp3) is 0.455. The summed E-state index contributed by atoms with van der Waals surface area (Å²) in [5.74, 6) is 0.263. The van der Waals surface area contributed by atoms with Gasteiger partial charge >= 0.3 is 0 Å². The Kier molecular flexibility index (Phi) is 5.78. The van der Waals surface area contributed by atoms with Gasteiger partial charge < -0.3 is 16.0 Å². The van der Waals surface area contributed by atoms with Crippen molar-refractivity contribution in [3.63, 3.8) is 0 Å². The molecular weight excluding hydrogens is 370 g/mol. The molecule has 1 aromatic heterocycles. The Morgan fingerprint density at radius 1 is 1.14 bits per heavy atom. The van der Waals surface area contributed by atoms with Gasteiger partial charge in [-0.2, -0.15) is 0 Å². The molecule has 1 saturated heterocycles. The number of primary amides is 1. The smallest absolute Gasteiger partial charge is 0.280 e. The molecule has 1 aliphatic carbocycles. The number of thiophene rings is 1. The number of nitrogens with one attached hydrogen (secondary N) is 2. The minimum atomic E-state index is -0.427. The largest absolute Gasteiger partial charge is 0.365 e. The van der Waals surface area contributed by atoms with E-state index in [0.29, 0.717) is 23.0 Å². The summed E-state index contributed by atoms with van der Waals surface area (Å²) in [7, 11) is 0. The second-order valence-electron chi connectivity index (χ2n) is 8.03. The number of anilines is 1. The number of hydrogen-bond acceptors (Lipinski definition) is 3. The van der Waals surface area contributed by atoms with Crippen molar-refractivity contribution >= 4 is 28.2 Å². The van der Waals surface area contributed by atoms with E-state index < -0.39 is 5.91 Å². The van der Waals surface area contributed by atoms with Gasteiger partial charge in [0.25, 0.3) is 11.8 Å². The van der Waals surface area contributed by atoms with Gasteiger partial charge in [-0.3, -0.25) is 9.59 Å². The summed E-state index contributed by atoms with van der Waals surface area (Å²) < 4.78 is 0. The summed E-state index contributed by atoms with van der Waals surface area (Å²) in [6.07, 6.45) is 6.37. The molecule has 28 heavy (non-hydrogen) atoms. The van der Waals surface area contributed by atoms with Crippen LogP contribution < -0.4 is 16.0 Å². The molecule has 0 spiro atoms. The molecule has 4 N–H and O–H groups in total. The molecule has 2 heterocycles. The lowest BCUT2D eigenvalue weighted by Crippen LogP contribution is -3.14. The van der Waals surface area contributed by atoms with E-state index in [4.69, 9.17) is 5.73 Å². The lowest BCUT2D eigenvalue weighted by atomic mass is 9.90. The molecule has 4 rings (SSSR count). The first-order valence-corrected chi connectivity index (χ1v) is 11.0. The van der Waals surface area contributed by atoms with E-state index >= 15 is 0 Å². The standard InChI is InChI=1S/C22H27N3O2S/c23-21(27)20-17-7-4-8-18(17)28-22(20)24-19(26)14-25-11-9-16(10-12-25)13-15-5-2-1-3-6-15/h1-3,5-6,16H,4,7-14H2,(H2,23,27)(H,24,26)/p+1. The molecule has 0 bridgehead atoms. The van der Waals surface area contributed by atoms with Crippen molar-refractivity contribution in [2.45, 2.75) is 38.5 Å². The lowest BCUT2D eigenvalue weighted by Gasteiger charge is -2.29. The highest BCUT2D eigenvalue weighted by atomic mass is 32.1. The number of quaternary nitrogens is 1. The number of nitrogens with two attached hydrogens (primary N) is 1. The van der Waals surface area contributed by atoms with Crippen molar-refractivity contribution in [1.29, 1.82) is 0 Å². The third-order valence-electron chi connectivity index (χ3n) is 6.01. The maximum Gasteiger partial charge on any atom is 0.280 e. The molecule has 5 nitrogen and oxygen atoms in total. The highest BCUT2D eigenvalue weighted by Gasteiger charge is 2.28. The summed E-state index contributed by atoms with van der Waals surface area (Å²) in [5, 5.41) is 3.63. The maximum absolute atomic E-state index is 12.6. The number of carbonyl (C=O) groups excluding carboxylic acids is 2. The molecule has 2 amide bonds. The van der Waals surface area contributed by atoms with Crippen molar-refractivity contribution in [3.05, 3.63) is 51.9 Å². The fourth-order valence-electron chi connectivity index (χ4n) is 4.57. The monoisotopic (exact) mass is 398 g/mol. The van der Waals surface area contributed by atoms with Gasteiger partial charge in [-0.1, -0.05) is 30.3 Å². The number of amides is 2. The number of benzene rings is 1. The Labute approximate surface area is 169 Å². The highest BCUT2D eigenvalue weighted by Crippen LogP contribution is 2.38. The Balaban J connectivity index is 1.29. The summed E-state index contributed by atoms with van der Waals surface area (Å²) in [5.41, 5.74) is 8.58. The van der Waals surface area contributed by atoms with Crippen LogP contribution >= 0.6 is 11.3 Å². The average molecular weight is 399 g/mol. The molecule has 2 aliphatic rings. The van der Waals surface area contributed by atoms with Crippen LogP contribution in [0.1, 0.15) is 45.6 Å². The average Bonchev–Trinajstić information content (AvgIpc) is 3.24. The van der Waals surface area contributed by atoms with Crippen LogP contribution in [0.4, 0.5) is 5.00 Å². The number of rotatable bonds is 6. The van der Waals surface area contributed by atoms with Crippen LogP contribution in [0.5, 0.6) is 0 Å². The normalized spacial score (nSPS) is 21.3. The number of aryl methyl sites for hydroxylation is 1. The highest BCUT2D eigenvalue weighted by molar-refractivity contribution is 7.17. The molecule has 148 valence electrons. The van der Waals surface area contributed by atoms with Crippen LogP contribution in [0.15, 0.2) is 30.3 Å². The van der Waals surface area contributed by atoms with Crippen molar-refractivity contribution in [2.24, 2.45) is 11.7 Å². The fourth-order valence-corrected chi connectivity index (χ4v) is 5.88. The van der Waals surface area contributed by atoms with Gasteiger partial charge in [-0.15, -0.1) is 11.3 Å². The lowest BCUT2D eigenvalue weighted by molar-refractivity contribution is -0.898. The maximum atomic E-state index is 12.6. The quantitative estimate of drug-likeness (QED) is 0.694. The molecule has 0 unspecified atom stereocenters. The molecule has 2 aromatic rings. The minimum Gasteiger partial charge on any atom is -0.365 e. The molecule has 0 radical (unpaired) electrons. The molecular formula is C22H28N3O2S+. The Bertz CT molecular complexity index is 854.